The molecule has 156 valence electrons. The maximum absolute atomic E-state index is 9.06. The molecule has 3 aromatic heterocycles. The van der Waals surface area contributed by atoms with Gasteiger partial charge in [-0.15, -0.1) is 11.3 Å². The van der Waals surface area contributed by atoms with E-state index in [0.717, 1.165) is 49.0 Å². The molecule has 4 heterocycles. The lowest BCUT2D eigenvalue weighted by Gasteiger charge is -2.22. The molecule has 0 radical (unpaired) electrons. The number of anilines is 2. The van der Waals surface area contributed by atoms with Gasteiger partial charge in [-0.3, -0.25) is 9.58 Å². The second-order valence-electron chi connectivity index (χ2n) is 7.73. The van der Waals surface area contributed by atoms with Gasteiger partial charge >= 0.3 is 0 Å². The molecule has 0 aromatic carbocycles. The van der Waals surface area contributed by atoms with Gasteiger partial charge in [0.2, 0.25) is 0 Å². The standard InChI is InChI=1S/C22H27N7S/c1-3-4-10-29-14-18(16(2)27-29)13-28-9-5-6-20(28)19-15-30-22(25-19)26-21-11-17(12-23)7-8-24-21/h7-8,11,14-15,20H,3-6,9-10,13H2,1-2H3,(H,24,25,26). The van der Waals surface area contributed by atoms with Crippen LogP contribution in [0.5, 0.6) is 0 Å². The Kier molecular flexibility index (Phi) is 6.41. The first-order valence-corrected chi connectivity index (χ1v) is 11.4. The Morgan fingerprint density at radius 2 is 2.30 bits per heavy atom. The maximum atomic E-state index is 9.06. The summed E-state index contributed by atoms with van der Waals surface area (Å²) in [5, 5.41) is 19.9. The molecular weight excluding hydrogens is 394 g/mol. The first-order chi connectivity index (χ1) is 14.7. The molecule has 0 spiro atoms. The van der Waals surface area contributed by atoms with Crippen LogP contribution in [0.25, 0.3) is 0 Å². The van der Waals surface area contributed by atoms with Crippen LogP contribution in [0.15, 0.2) is 29.9 Å². The first-order valence-electron chi connectivity index (χ1n) is 10.5. The Morgan fingerprint density at radius 1 is 1.40 bits per heavy atom. The third kappa shape index (κ3) is 4.69. The minimum Gasteiger partial charge on any atom is -0.316 e. The number of likely N-dealkylation sites (tertiary alicyclic amines) is 1. The maximum Gasteiger partial charge on any atom is 0.188 e. The third-order valence-electron chi connectivity index (χ3n) is 5.51. The summed E-state index contributed by atoms with van der Waals surface area (Å²) in [7, 11) is 0. The van der Waals surface area contributed by atoms with E-state index in [1.165, 1.54) is 18.4 Å². The summed E-state index contributed by atoms with van der Waals surface area (Å²) in [4.78, 5) is 11.6. The number of rotatable bonds is 8. The predicted molar refractivity (Wildman–Crippen MR) is 119 cm³/mol. The van der Waals surface area contributed by atoms with E-state index in [-0.39, 0.29) is 0 Å². The van der Waals surface area contributed by atoms with E-state index in [9.17, 15) is 0 Å². The van der Waals surface area contributed by atoms with E-state index in [2.05, 4.69) is 56.5 Å². The van der Waals surface area contributed by atoms with Gasteiger partial charge in [-0.05, 0) is 44.9 Å². The summed E-state index contributed by atoms with van der Waals surface area (Å²) >= 11 is 1.58. The number of nitrogens with one attached hydrogen (secondary N) is 1. The van der Waals surface area contributed by atoms with Crippen molar-refractivity contribution in [3.8, 4) is 6.07 Å². The van der Waals surface area contributed by atoms with Gasteiger partial charge in [0.05, 0.1) is 29.1 Å². The van der Waals surface area contributed by atoms with Gasteiger partial charge in [0, 0.05) is 36.4 Å². The fourth-order valence-electron chi connectivity index (χ4n) is 3.89. The smallest absolute Gasteiger partial charge is 0.188 e. The normalized spacial score (nSPS) is 16.6. The summed E-state index contributed by atoms with van der Waals surface area (Å²) in [6.45, 7) is 7.29. The number of thiazole rings is 1. The van der Waals surface area contributed by atoms with E-state index in [0.29, 0.717) is 17.4 Å². The van der Waals surface area contributed by atoms with E-state index >= 15 is 0 Å². The van der Waals surface area contributed by atoms with Crippen LogP contribution in [0, 0.1) is 18.3 Å². The SMILES string of the molecule is CCCCn1cc(CN2CCCC2c2csc(Nc3cc(C#N)ccn3)n2)c(C)n1. The molecule has 1 aliphatic rings. The van der Waals surface area contributed by atoms with Crippen LogP contribution in [-0.4, -0.2) is 31.2 Å². The third-order valence-corrected chi connectivity index (χ3v) is 6.29. The first kappa shape index (κ1) is 20.5. The molecule has 7 nitrogen and oxygen atoms in total. The van der Waals surface area contributed by atoms with Crippen LogP contribution in [0.3, 0.4) is 0 Å². The molecule has 3 aromatic rings. The van der Waals surface area contributed by atoms with Crippen LogP contribution in [-0.2, 0) is 13.1 Å². The van der Waals surface area contributed by atoms with Crippen molar-refractivity contribution in [3.63, 3.8) is 0 Å². The molecule has 30 heavy (non-hydrogen) atoms. The fraction of sp³-hybridized carbons (Fsp3) is 0.455. The molecule has 1 fully saturated rings. The number of hydrogen-bond donors (Lipinski definition) is 1. The highest BCUT2D eigenvalue weighted by Gasteiger charge is 2.28. The number of aromatic nitrogens is 4. The summed E-state index contributed by atoms with van der Waals surface area (Å²) in [6, 6.07) is 5.90. The van der Waals surface area contributed by atoms with Crippen molar-refractivity contribution in [2.75, 3.05) is 11.9 Å². The van der Waals surface area contributed by atoms with E-state index in [1.807, 2.05) is 0 Å². The van der Waals surface area contributed by atoms with Gasteiger partial charge in [0.25, 0.3) is 0 Å². The van der Waals surface area contributed by atoms with Crippen molar-refractivity contribution >= 4 is 22.3 Å². The predicted octanol–water partition coefficient (Wildman–Crippen LogP) is 4.80. The largest absolute Gasteiger partial charge is 0.316 e. The molecule has 8 heteroatoms. The van der Waals surface area contributed by atoms with Crippen molar-refractivity contribution in [1.82, 2.24) is 24.6 Å². The van der Waals surface area contributed by atoms with E-state index in [1.54, 1.807) is 29.7 Å². The lowest BCUT2D eigenvalue weighted by molar-refractivity contribution is 0.244. The number of pyridine rings is 1. The highest BCUT2D eigenvalue weighted by atomic mass is 32.1. The summed E-state index contributed by atoms with van der Waals surface area (Å²) < 4.78 is 2.09. The summed E-state index contributed by atoms with van der Waals surface area (Å²) in [6.07, 6.45) is 8.49. The minimum absolute atomic E-state index is 0.327. The molecule has 1 unspecified atom stereocenters. The molecular formula is C22H27N7S. The van der Waals surface area contributed by atoms with Crippen LogP contribution < -0.4 is 5.32 Å². The minimum atomic E-state index is 0.327. The van der Waals surface area contributed by atoms with Gasteiger partial charge in [-0.25, -0.2) is 9.97 Å². The topological polar surface area (TPSA) is 82.7 Å². The Labute approximate surface area is 181 Å². The fourth-order valence-corrected chi connectivity index (χ4v) is 4.66. The molecule has 1 N–H and O–H groups in total. The van der Waals surface area contributed by atoms with E-state index in [4.69, 9.17) is 10.2 Å². The molecule has 0 bridgehead atoms. The highest BCUT2D eigenvalue weighted by Crippen LogP contribution is 2.35. The van der Waals surface area contributed by atoms with Crippen molar-refractivity contribution in [2.24, 2.45) is 0 Å². The molecule has 1 aliphatic heterocycles. The number of unbranched alkanes of at least 4 members (excludes halogenated alkanes) is 1. The Morgan fingerprint density at radius 3 is 3.13 bits per heavy atom. The van der Waals surface area contributed by atoms with E-state index < -0.39 is 0 Å². The summed E-state index contributed by atoms with van der Waals surface area (Å²) in [5.74, 6) is 0.647. The van der Waals surface area contributed by atoms with Crippen LogP contribution >= 0.6 is 11.3 Å². The van der Waals surface area contributed by atoms with Gasteiger partial charge in [-0.1, -0.05) is 13.3 Å². The monoisotopic (exact) mass is 421 g/mol. The van der Waals surface area contributed by atoms with Crippen molar-refractivity contribution in [2.45, 2.75) is 58.7 Å². The number of nitrogens with zero attached hydrogens (tertiary/aromatic N) is 6. The Bertz CT molecular complexity index is 1030. The zero-order valence-corrected chi connectivity index (χ0v) is 18.3. The lowest BCUT2D eigenvalue weighted by Crippen LogP contribution is -2.23. The zero-order valence-electron chi connectivity index (χ0n) is 17.5. The molecule has 4 rings (SSSR count). The average molecular weight is 422 g/mol. The lowest BCUT2D eigenvalue weighted by atomic mass is 10.1. The molecule has 0 saturated carbocycles. The molecule has 1 saturated heterocycles. The highest BCUT2D eigenvalue weighted by molar-refractivity contribution is 7.13. The quantitative estimate of drug-likeness (QED) is 0.563. The number of nitriles is 1. The van der Waals surface area contributed by atoms with Crippen LogP contribution in [0.2, 0.25) is 0 Å². The van der Waals surface area contributed by atoms with Crippen molar-refractivity contribution in [3.05, 3.63) is 52.4 Å². The molecule has 0 aliphatic carbocycles. The van der Waals surface area contributed by atoms with Gasteiger partial charge in [0.15, 0.2) is 5.13 Å². The van der Waals surface area contributed by atoms with Gasteiger partial charge in [-0.2, -0.15) is 10.4 Å². The van der Waals surface area contributed by atoms with Crippen LogP contribution in [0.4, 0.5) is 10.9 Å². The van der Waals surface area contributed by atoms with Gasteiger partial charge < -0.3 is 5.32 Å². The average Bonchev–Trinajstić information content (AvgIpc) is 3.48. The molecule has 0 amide bonds. The van der Waals surface area contributed by atoms with Crippen LogP contribution in [0.1, 0.15) is 61.2 Å². The molecule has 1 atom stereocenters. The number of aryl methyl sites for hydroxylation is 2. The Hall–Kier alpha value is -2.76. The number of hydrogen-bond acceptors (Lipinski definition) is 7. The summed E-state index contributed by atoms with van der Waals surface area (Å²) in [5.41, 5.74) is 4.12. The van der Waals surface area contributed by atoms with Crippen molar-refractivity contribution < 1.29 is 0 Å². The van der Waals surface area contributed by atoms with Crippen molar-refractivity contribution in [1.29, 1.82) is 5.26 Å². The second kappa shape index (κ2) is 9.37. The Balaban J connectivity index is 1.44. The second-order valence-corrected chi connectivity index (χ2v) is 8.59. The zero-order chi connectivity index (χ0) is 20.9. The van der Waals surface area contributed by atoms with Gasteiger partial charge in [0.1, 0.15) is 5.82 Å².